The average molecular weight is 300 g/mol. The number of carbonyl (C=O) groups excluding carboxylic acids is 1. The SMILES string of the molecule is Cn1cc(C(C)(O)CNC(=O)c2cn3cccnc3n2)cn1. The maximum absolute atomic E-state index is 12.2. The largest absolute Gasteiger partial charge is 0.383 e. The lowest BCUT2D eigenvalue weighted by atomic mass is 10.00. The molecule has 0 aromatic carbocycles. The molecule has 114 valence electrons. The molecule has 0 bridgehead atoms. The second kappa shape index (κ2) is 5.23. The van der Waals surface area contributed by atoms with Crippen LogP contribution in [0.1, 0.15) is 23.0 Å². The van der Waals surface area contributed by atoms with Gasteiger partial charge in [0.15, 0.2) is 0 Å². The van der Waals surface area contributed by atoms with Gasteiger partial charge in [-0.3, -0.25) is 13.9 Å². The number of aromatic nitrogens is 5. The van der Waals surface area contributed by atoms with Crippen molar-refractivity contribution in [2.24, 2.45) is 7.05 Å². The van der Waals surface area contributed by atoms with E-state index in [2.05, 4.69) is 20.4 Å². The Balaban J connectivity index is 1.71. The van der Waals surface area contributed by atoms with Crippen LogP contribution >= 0.6 is 0 Å². The van der Waals surface area contributed by atoms with Crippen LogP contribution in [0, 0.1) is 0 Å². The minimum Gasteiger partial charge on any atom is -0.383 e. The molecule has 0 fully saturated rings. The Morgan fingerprint density at radius 2 is 2.27 bits per heavy atom. The highest BCUT2D eigenvalue weighted by atomic mass is 16.3. The van der Waals surface area contributed by atoms with E-state index in [1.54, 1.807) is 60.1 Å². The van der Waals surface area contributed by atoms with Gasteiger partial charge < -0.3 is 10.4 Å². The van der Waals surface area contributed by atoms with E-state index in [1.165, 1.54) is 0 Å². The molecule has 1 amide bonds. The van der Waals surface area contributed by atoms with E-state index >= 15 is 0 Å². The quantitative estimate of drug-likeness (QED) is 0.712. The predicted octanol–water partition coefficient (Wildman–Crippen LogP) is 0.100. The van der Waals surface area contributed by atoms with Crippen molar-refractivity contribution in [1.29, 1.82) is 0 Å². The van der Waals surface area contributed by atoms with Gasteiger partial charge in [0.25, 0.3) is 5.91 Å². The van der Waals surface area contributed by atoms with Gasteiger partial charge >= 0.3 is 0 Å². The normalized spacial score (nSPS) is 14.0. The molecular weight excluding hydrogens is 284 g/mol. The van der Waals surface area contributed by atoms with Crippen molar-refractivity contribution in [1.82, 2.24) is 29.5 Å². The average Bonchev–Trinajstić information content (AvgIpc) is 3.11. The number of hydrogen-bond donors (Lipinski definition) is 2. The Morgan fingerprint density at radius 3 is 2.95 bits per heavy atom. The molecule has 1 atom stereocenters. The number of aliphatic hydroxyl groups is 1. The monoisotopic (exact) mass is 300 g/mol. The highest BCUT2D eigenvalue weighted by Crippen LogP contribution is 2.18. The second-order valence-corrected chi connectivity index (χ2v) is 5.31. The van der Waals surface area contributed by atoms with E-state index in [0.29, 0.717) is 11.3 Å². The summed E-state index contributed by atoms with van der Waals surface area (Å²) in [6, 6.07) is 1.75. The van der Waals surface area contributed by atoms with Gasteiger partial charge in [-0.2, -0.15) is 5.10 Å². The topological polar surface area (TPSA) is 97.3 Å². The molecule has 0 spiro atoms. The van der Waals surface area contributed by atoms with Gasteiger partial charge in [0.05, 0.1) is 12.7 Å². The van der Waals surface area contributed by atoms with Gasteiger partial charge in [0.2, 0.25) is 5.78 Å². The smallest absolute Gasteiger partial charge is 0.271 e. The molecule has 0 radical (unpaired) electrons. The predicted molar refractivity (Wildman–Crippen MR) is 78.1 cm³/mol. The van der Waals surface area contributed by atoms with Crippen molar-refractivity contribution in [3.8, 4) is 0 Å². The summed E-state index contributed by atoms with van der Waals surface area (Å²) < 4.78 is 3.26. The van der Waals surface area contributed by atoms with Crippen LogP contribution in [-0.4, -0.2) is 41.7 Å². The van der Waals surface area contributed by atoms with E-state index < -0.39 is 5.60 Å². The van der Waals surface area contributed by atoms with Crippen molar-refractivity contribution in [2.75, 3.05) is 6.54 Å². The number of rotatable bonds is 4. The summed E-state index contributed by atoms with van der Waals surface area (Å²) in [4.78, 5) is 20.3. The van der Waals surface area contributed by atoms with Gasteiger partial charge in [0, 0.05) is 37.4 Å². The number of nitrogens with one attached hydrogen (secondary N) is 1. The highest BCUT2D eigenvalue weighted by Gasteiger charge is 2.26. The minimum absolute atomic E-state index is 0.0544. The molecule has 3 rings (SSSR count). The van der Waals surface area contributed by atoms with Crippen molar-refractivity contribution >= 4 is 11.7 Å². The fourth-order valence-corrected chi connectivity index (χ4v) is 2.08. The third-order valence-electron chi connectivity index (χ3n) is 3.39. The van der Waals surface area contributed by atoms with Crippen molar-refractivity contribution in [3.05, 3.63) is 48.3 Å². The van der Waals surface area contributed by atoms with Crippen LogP contribution in [0.25, 0.3) is 5.78 Å². The van der Waals surface area contributed by atoms with E-state index in [0.717, 1.165) is 0 Å². The van der Waals surface area contributed by atoms with Crippen LogP contribution in [0.15, 0.2) is 37.1 Å². The lowest BCUT2D eigenvalue weighted by molar-refractivity contribution is 0.0524. The molecule has 0 saturated heterocycles. The van der Waals surface area contributed by atoms with Gasteiger partial charge in [-0.1, -0.05) is 0 Å². The molecule has 3 aromatic rings. The highest BCUT2D eigenvalue weighted by molar-refractivity contribution is 5.92. The summed E-state index contributed by atoms with van der Waals surface area (Å²) in [7, 11) is 1.77. The molecule has 22 heavy (non-hydrogen) atoms. The Kier molecular flexibility index (Phi) is 3.38. The summed E-state index contributed by atoms with van der Waals surface area (Å²) in [5.41, 5.74) is -0.325. The van der Waals surface area contributed by atoms with Crippen LogP contribution < -0.4 is 5.32 Å². The van der Waals surface area contributed by atoms with Crippen LogP contribution in [0.4, 0.5) is 0 Å². The molecule has 1 unspecified atom stereocenters. The van der Waals surface area contributed by atoms with Crippen LogP contribution in [0.3, 0.4) is 0 Å². The number of aryl methyl sites for hydroxylation is 1. The molecule has 2 N–H and O–H groups in total. The van der Waals surface area contributed by atoms with Crippen molar-refractivity contribution in [3.63, 3.8) is 0 Å². The summed E-state index contributed by atoms with van der Waals surface area (Å²) >= 11 is 0. The van der Waals surface area contributed by atoms with E-state index in [4.69, 9.17) is 0 Å². The molecular formula is C14H16N6O2. The summed E-state index contributed by atoms with van der Waals surface area (Å²) in [5, 5.41) is 17.1. The molecule has 0 aliphatic rings. The minimum atomic E-state index is -1.21. The van der Waals surface area contributed by atoms with Gasteiger partial charge in [-0.25, -0.2) is 9.97 Å². The summed E-state index contributed by atoms with van der Waals surface area (Å²) in [5.74, 6) is 0.0846. The van der Waals surface area contributed by atoms with Crippen molar-refractivity contribution < 1.29 is 9.90 Å². The zero-order valence-electron chi connectivity index (χ0n) is 12.3. The van der Waals surface area contributed by atoms with E-state index in [1.807, 2.05) is 0 Å². The first kappa shape index (κ1) is 14.2. The lowest BCUT2D eigenvalue weighted by Crippen LogP contribution is -2.38. The number of amides is 1. The molecule has 0 aliphatic carbocycles. The molecule has 0 aliphatic heterocycles. The Hall–Kier alpha value is -2.74. The Bertz CT molecular complexity index is 786. The third-order valence-corrected chi connectivity index (χ3v) is 3.39. The molecule has 3 heterocycles. The molecule has 8 heteroatoms. The zero-order valence-corrected chi connectivity index (χ0v) is 12.3. The number of carbonyl (C=O) groups is 1. The maximum atomic E-state index is 12.2. The van der Waals surface area contributed by atoms with Gasteiger partial charge in [-0.05, 0) is 13.0 Å². The first-order chi connectivity index (χ1) is 10.5. The van der Waals surface area contributed by atoms with Crippen LogP contribution in [0.2, 0.25) is 0 Å². The number of nitrogens with zero attached hydrogens (tertiary/aromatic N) is 5. The number of fused-ring (bicyclic) bond motifs is 1. The van der Waals surface area contributed by atoms with E-state index in [9.17, 15) is 9.90 Å². The van der Waals surface area contributed by atoms with Crippen LogP contribution in [0.5, 0.6) is 0 Å². The lowest BCUT2D eigenvalue weighted by Gasteiger charge is -2.21. The standard InChI is InChI=1S/C14H16N6O2/c1-14(22,10-6-17-19(2)7-10)9-16-12(21)11-8-20-5-3-4-15-13(20)18-11/h3-8,22H,9H2,1-2H3,(H,16,21). The summed E-state index contributed by atoms with van der Waals surface area (Å²) in [6.45, 7) is 1.67. The fourth-order valence-electron chi connectivity index (χ4n) is 2.08. The number of hydrogen-bond acceptors (Lipinski definition) is 5. The molecule has 8 nitrogen and oxygen atoms in total. The second-order valence-electron chi connectivity index (χ2n) is 5.31. The summed E-state index contributed by atoms with van der Waals surface area (Å²) in [6.07, 6.45) is 8.24. The third kappa shape index (κ3) is 2.68. The van der Waals surface area contributed by atoms with Gasteiger partial charge in [-0.15, -0.1) is 0 Å². The molecule has 3 aromatic heterocycles. The van der Waals surface area contributed by atoms with E-state index in [-0.39, 0.29) is 18.1 Å². The Labute approximate surface area is 126 Å². The zero-order chi connectivity index (χ0) is 15.7. The maximum Gasteiger partial charge on any atom is 0.271 e. The fraction of sp³-hybridized carbons (Fsp3) is 0.286. The molecule has 0 saturated carbocycles. The van der Waals surface area contributed by atoms with Crippen molar-refractivity contribution in [2.45, 2.75) is 12.5 Å². The number of imidazole rings is 1. The first-order valence-corrected chi connectivity index (χ1v) is 6.75. The van der Waals surface area contributed by atoms with Crippen LogP contribution in [-0.2, 0) is 12.6 Å². The Morgan fingerprint density at radius 1 is 1.45 bits per heavy atom. The first-order valence-electron chi connectivity index (χ1n) is 6.75. The van der Waals surface area contributed by atoms with Gasteiger partial charge in [0.1, 0.15) is 11.3 Å².